The highest BCUT2D eigenvalue weighted by Gasteiger charge is 2.20. The molecule has 0 aromatic heterocycles. The van der Waals surface area contributed by atoms with Gasteiger partial charge in [0, 0.05) is 27.1 Å². The first-order chi connectivity index (χ1) is 9.78. The first-order valence-corrected chi connectivity index (χ1v) is 7.75. The van der Waals surface area contributed by atoms with Crippen LogP contribution in [0.1, 0.15) is 12.8 Å². The predicted octanol–water partition coefficient (Wildman–Crippen LogP) is 1.25. The quantitative estimate of drug-likeness (QED) is 0.710. The minimum absolute atomic E-state index is 0.0201. The fraction of sp³-hybridized carbons (Fsp3) is 0.462. The van der Waals surface area contributed by atoms with Crippen molar-refractivity contribution in [3.8, 4) is 0 Å². The molecule has 21 heavy (non-hydrogen) atoms. The number of sulfonamides is 1. The number of carbonyl (C=O) groups is 1. The Morgan fingerprint density at radius 2 is 1.81 bits per heavy atom. The van der Waals surface area contributed by atoms with Crippen LogP contribution in [0.25, 0.3) is 0 Å². The molecule has 0 heterocycles. The highest BCUT2D eigenvalue weighted by molar-refractivity contribution is 7.89. The molecule has 0 spiro atoms. The minimum atomic E-state index is -3.67. The monoisotopic (exact) mass is 318 g/mol. The lowest BCUT2D eigenvalue weighted by molar-refractivity contribution is -0.168. The predicted molar refractivity (Wildman–Crippen MR) is 75.2 cm³/mol. The van der Waals surface area contributed by atoms with Crippen molar-refractivity contribution in [3.05, 3.63) is 30.1 Å². The van der Waals surface area contributed by atoms with E-state index in [1.54, 1.807) is 0 Å². The van der Waals surface area contributed by atoms with E-state index in [-0.39, 0.29) is 23.8 Å². The molecule has 8 heteroatoms. The van der Waals surface area contributed by atoms with Crippen LogP contribution in [0.2, 0.25) is 0 Å². The summed E-state index contributed by atoms with van der Waals surface area (Å²) < 4.78 is 38.3. The van der Waals surface area contributed by atoms with Crippen LogP contribution in [0.15, 0.2) is 29.2 Å². The maximum absolute atomic E-state index is 12.8. The van der Waals surface area contributed by atoms with E-state index >= 15 is 0 Å². The Kier molecular flexibility index (Phi) is 6.25. The molecule has 118 valence electrons. The van der Waals surface area contributed by atoms with Gasteiger partial charge >= 0.3 is 0 Å². The van der Waals surface area contributed by atoms with Crippen molar-refractivity contribution in [2.45, 2.75) is 17.7 Å². The second-order valence-electron chi connectivity index (χ2n) is 4.46. The van der Waals surface area contributed by atoms with Gasteiger partial charge in [0.05, 0.1) is 12.0 Å². The van der Waals surface area contributed by atoms with Crippen molar-refractivity contribution in [2.75, 3.05) is 27.7 Å². The highest BCUT2D eigenvalue weighted by Crippen LogP contribution is 2.15. The average molecular weight is 318 g/mol. The third kappa shape index (κ3) is 4.76. The third-order valence-electron chi connectivity index (χ3n) is 3.01. The summed E-state index contributed by atoms with van der Waals surface area (Å²) in [4.78, 5) is 16.3. The van der Waals surface area contributed by atoms with Crippen molar-refractivity contribution in [1.29, 1.82) is 0 Å². The zero-order valence-corrected chi connectivity index (χ0v) is 13.1. The van der Waals surface area contributed by atoms with E-state index in [4.69, 9.17) is 4.84 Å². The van der Waals surface area contributed by atoms with Gasteiger partial charge in [0.15, 0.2) is 0 Å². The molecular formula is C13H19FN2O4S. The summed E-state index contributed by atoms with van der Waals surface area (Å²) in [6, 6.07) is 4.62. The Hall–Kier alpha value is -1.51. The van der Waals surface area contributed by atoms with Gasteiger partial charge in [-0.05, 0) is 30.7 Å². The molecule has 0 aliphatic heterocycles. The summed E-state index contributed by atoms with van der Waals surface area (Å²) in [5.74, 6) is -0.727. The van der Waals surface area contributed by atoms with Crippen LogP contribution >= 0.6 is 0 Å². The van der Waals surface area contributed by atoms with Crippen molar-refractivity contribution < 1.29 is 22.4 Å². The second kappa shape index (κ2) is 7.48. The van der Waals surface area contributed by atoms with Crippen LogP contribution < -0.4 is 0 Å². The Balaban J connectivity index is 2.60. The topological polar surface area (TPSA) is 66.9 Å². The summed E-state index contributed by atoms with van der Waals surface area (Å²) >= 11 is 0. The van der Waals surface area contributed by atoms with Gasteiger partial charge in [-0.25, -0.2) is 22.2 Å². The number of carbonyl (C=O) groups excluding carboxylic acids is 1. The van der Waals surface area contributed by atoms with Gasteiger partial charge in [-0.15, -0.1) is 0 Å². The number of hydrogen-bond donors (Lipinski definition) is 0. The molecule has 0 unspecified atom stereocenters. The van der Waals surface area contributed by atoms with Crippen LogP contribution in [-0.2, 0) is 19.7 Å². The zero-order chi connectivity index (χ0) is 16.0. The number of benzene rings is 1. The molecule has 0 radical (unpaired) electrons. The molecular weight excluding hydrogens is 299 g/mol. The molecule has 0 aliphatic carbocycles. The number of nitrogens with zero attached hydrogens (tertiary/aromatic N) is 2. The molecule has 1 aromatic carbocycles. The largest absolute Gasteiger partial charge is 0.275 e. The maximum atomic E-state index is 12.8. The molecule has 0 saturated carbocycles. The van der Waals surface area contributed by atoms with Gasteiger partial charge in [0.2, 0.25) is 15.9 Å². The molecule has 1 rings (SSSR count). The van der Waals surface area contributed by atoms with E-state index in [0.29, 0.717) is 6.42 Å². The Morgan fingerprint density at radius 1 is 1.24 bits per heavy atom. The molecule has 0 bridgehead atoms. The number of amides is 1. The SMILES string of the molecule is CON(C)C(=O)CCCN(C)S(=O)(=O)c1ccc(F)cc1. The second-order valence-corrected chi connectivity index (χ2v) is 6.50. The molecule has 0 aliphatic rings. The molecule has 0 N–H and O–H groups in total. The zero-order valence-electron chi connectivity index (χ0n) is 12.2. The van der Waals surface area contributed by atoms with Crippen molar-refractivity contribution in [3.63, 3.8) is 0 Å². The van der Waals surface area contributed by atoms with E-state index in [1.807, 2.05) is 0 Å². The Labute approximate surface area is 124 Å². The van der Waals surface area contributed by atoms with Gasteiger partial charge < -0.3 is 0 Å². The lowest BCUT2D eigenvalue weighted by Gasteiger charge is -2.18. The van der Waals surface area contributed by atoms with Gasteiger partial charge in [-0.1, -0.05) is 0 Å². The fourth-order valence-electron chi connectivity index (χ4n) is 1.62. The molecule has 1 amide bonds. The number of hydrogen-bond acceptors (Lipinski definition) is 4. The lowest BCUT2D eigenvalue weighted by atomic mass is 10.3. The average Bonchev–Trinajstić information content (AvgIpc) is 2.46. The molecule has 0 atom stereocenters. The Bertz CT molecular complexity index is 574. The molecule has 0 saturated heterocycles. The minimum Gasteiger partial charge on any atom is -0.275 e. The normalized spacial score (nSPS) is 11.7. The van der Waals surface area contributed by atoms with Crippen LogP contribution in [0.3, 0.4) is 0 Å². The van der Waals surface area contributed by atoms with E-state index in [2.05, 4.69) is 0 Å². The molecule has 6 nitrogen and oxygen atoms in total. The Morgan fingerprint density at radius 3 is 2.33 bits per heavy atom. The molecule has 0 fully saturated rings. The fourth-order valence-corrected chi connectivity index (χ4v) is 2.83. The van der Waals surface area contributed by atoms with Crippen molar-refractivity contribution >= 4 is 15.9 Å². The van der Waals surface area contributed by atoms with Gasteiger partial charge in [0.25, 0.3) is 0 Å². The van der Waals surface area contributed by atoms with Crippen LogP contribution in [0, 0.1) is 5.82 Å². The standard InChI is InChI=1S/C13H19FN2O4S/c1-15(10-4-5-13(17)16(2)20-3)21(18,19)12-8-6-11(14)7-9-12/h6-9H,4-5,10H2,1-3H3. The summed E-state index contributed by atoms with van der Waals surface area (Å²) in [7, 11) is 0.616. The van der Waals surface area contributed by atoms with Gasteiger partial charge in [0.1, 0.15) is 5.82 Å². The van der Waals surface area contributed by atoms with Gasteiger partial charge in [-0.3, -0.25) is 9.63 Å². The summed E-state index contributed by atoms with van der Waals surface area (Å²) in [6.07, 6.45) is 0.539. The van der Waals surface area contributed by atoms with Crippen LogP contribution in [-0.4, -0.2) is 51.4 Å². The van der Waals surface area contributed by atoms with Gasteiger partial charge in [-0.2, -0.15) is 0 Å². The van der Waals surface area contributed by atoms with Crippen LogP contribution in [0.4, 0.5) is 4.39 Å². The van der Waals surface area contributed by atoms with Crippen molar-refractivity contribution in [1.82, 2.24) is 9.37 Å². The number of halogens is 1. The van der Waals surface area contributed by atoms with E-state index in [0.717, 1.165) is 21.5 Å². The maximum Gasteiger partial charge on any atom is 0.245 e. The smallest absolute Gasteiger partial charge is 0.245 e. The summed E-state index contributed by atoms with van der Waals surface area (Å²) in [6.45, 7) is 0.184. The van der Waals surface area contributed by atoms with E-state index < -0.39 is 15.8 Å². The van der Waals surface area contributed by atoms with E-state index in [9.17, 15) is 17.6 Å². The summed E-state index contributed by atoms with van der Waals surface area (Å²) in [5.41, 5.74) is 0. The highest BCUT2D eigenvalue weighted by atomic mass is 32.2. The third-order valence-corrected chi connectivity index (χ3v) is 4.88. The molecule has 1 aromatic rings. The van der Waals surface area contributed by atoms with E-state index in [1.165, 1.54) is 33.3 Å². The first-order valence-electron chi connectivity index (χ1n) is 6.31. The van der Waals surface area contributed by atoms with Crippen molar-refractivity contribution in [2.24, 2.45) is 0 Å². The summed E-state index contributed by atoms with van der Waals surface area (Å²) in [5, 5.41) is 1.09. The van der Waals surface area contributed by atoms with Crippen LogP contribution in [0.5, 0.6) is 0 Å². The first kappa shape index (κ1) is 17.5. The number of rotatable bonds is 7. The lowest BCUT2D eigenvalue weighted by Crippen LogP contribution is -2.30. The number of hydroxylamine groups is 2.